The normalized spacial score (nSPS) is 17.2. The Balaban J connectivity index is 1.03. The van der Waals surface area contributed by atoms with Gasteiger partial charge in [0.05, 0.1) is 21.8 Å². The molecule has 11 aromatic rings. The molecule has 3 aliphatic rings. The van der Waals surface area contributed by atoms with E-state index in [1.54, 1.807) is 0 Å². The van der Waals surface area contributed by atoms with Crippen molar-refractivity contribution < 1.29 is 11.0 Å². The van der Waals surface area contributed by atoms with Gasteiger partial charge in [0, 0.05) is 38.0 Å². The van der Waals surface area contributed by atoms with Gasteiger partial charge in [-0.25, -0.2) is 0 Å². The van der Waals surface area contributed by atoms with Crippen molar-refractivity contribution in [3.8, 4) is 23.7 Å². The Kier molecular flexibility index (Phi) is 11.8. The van der Waals surface area contributed by atoms with Crippen molar-refractivity contribution >= 4 is 95.6 Å². The molecule has 0 atom stereocenters. The molecule has 0 radical (unpaired) electrons. The monoisotopic (exact) mass is 1410 g/mol. The fourth-order valence-corrected chi connectivity index (χ4v) is 13.8. The zero-order valence-corrected chi connectivity index (χ0v) is 51.6. The van der Waals surface area contributed by atoms with Gasteiger partial charge in [0.1, 0.15) is 10.8 Å². The predicted molar refractivity (Wildman–Crippen MR) is 349 cm³/mol. The molecule has 0 N–H and O–H groups in total. The molecule has 0 nitrogen and oxygen atoms in total. The van der Waals surface area contributed by atoms with Crippen LogP contribution in [0.4, 0.5) is 0 Å². The molecule has 0 spiro atoms. The largest absolute Gasteiger partial charge is 0.108 e. The lowest BCUT2D eigenvalue weighted by atomic mass is 9.47. The van der Waals surface area contributed by atoms with E-state index in [0.717, 1.165) is 71.3 Å². The van der Waals surface area contributed by atoms with Crippen molar-refractivity contribution in [3.05, 3.63) is 383 Å². The number of benzene rings is 11. The Hall–Kier alpha value is -6.58. The van der Waals surface area contributed by atoms with Crippen LogP contribution in [-0.4, -0.2) is 0 Å². The summed E-state index contributed by atoms with van der Waals surface area (Å²) in [6.07, 6.45) is 0. The summed E-state index contributed by atoms with van der Waals surface area (Å²) >= 11 is 22.0. The van der Waals surface area contributed by atoms with Gasteiger partial charge in [-0.15, -0.1) is 0 Å². The van der Waals surface area contributed by atoms with Crippen LogP contribution in [0.3, 0.4) is 0 Å². The van der Waals surface area contributed by atoms with E-state index in [0.29, 0.717) is 22.3 Å². The minimum atomic E-state index is -1.86. The average Bonchev–Trinajstić information content (AvgIpc) is 0.654. The van der Waals surface area contributed by atoms with Crippen molar-refractivity contribution in [1.29, 1.82) is 0 Å². The first kappa shape index (κ1) is 44.1. The first-order valence-electron chi connectivity index (χ1n) is 29.5. The highest BCUT2D eigenvalue weighted by molar-refractivity contribution is 9.11. The van der Waals surface area contributed by atoms with Gasteiger partial charge in [0.15, 0.2) is 0 Å². The zero-order valence-electron chi connectivity index (χ0n) is 50.1. The van der Waals surface area contributed by atoms with E-state index in [-0.39, 0.29) is 46.4 Å². The molecule has 0 aliphatic heterocycles. The summed E-state index contributed by atoms with van der Waals surface area (Å²) in [5.41, 5.74) is 5.14. The average molecular weight is 1420 g/mol. The van der Waals surface area contributed by atoms with E-state index < -0.39 is 45.8 Å². The number of hydrogen-bond acceptors (Lipinski definition) is 0. The third-order valence-electron chi connectivity index (χ3n) is 15.7. The summed E-state index contributed by atoms with van der Waals surface area (Å²) in [6, 6.07) is 69.7. The second-order valence-electron chi connectivity index (χ2n) is 19.7. The Morgan fingerprint density at radius 3 is 0.675 bits per heavy atom. The van der Waals surface area contributed by atoms with Gasteiger partial charge in [0.25, 0.3) is 0 Å². The van der Waals surface area contributed by atoms with E-state index in [2.05, 4.69) is 216 Å². The highest BCUT2D eigenvalue weighted by Gasteiger charge is 2.58. The molecule has 2 bridgehead atoms. The summed E-state index contributed by atoms with van der Waals surface area (Å²) in [6.45, 7) is 0. The summed E-state index contributed by atoms with van der Waals surface area (Å²) < 4.78 is 82.6. The van der Waals surface area contributed by atoms with Gasteiger partial charge in [-0.1, -0.05) is 289 Å². The van der Waals surface area contributed by atoms with Crippen LogP contribution in [0.2, 0.25) is 0 Å². The molecular weight excluding hydrogens is 1370 g/mol. The maximum Gasteiger partial charge on any atom is 0.108 e. The van der Waals surface area contributed by atoms with E-state index in [4.69, 9.17) is 0 Å². The topological polar surface area (TPSA) is 0 Å². The Bertz CT molecular complexity index is 4150. The second-order valence-corrected chi connectivity index (χ2v) is 25.2. The van der Waals surface area contributed by atoms with Gasteiger partial charge in [0.2, 0.25) is 0 Å². The Morgan fingerprint density at radius 2 is 0.463 bits per heavy atom. The zero-order chi connectivity index (χ0) is 61.6. The second kappa shape index (κ2) is 21.4. The molecule has 6 heteroatoms. The van der Waals surface area contributed by atoms with Crippen LogP contribution in [0.1, 0.15) is 100.0 Å². The van der Waals surface area contributed by atoms with Crippen molar-refractivity contribution in [1.82, 2.24) is 0 Å². The molecule has 14 rings (SSSR count). The Labute approximate surface area is 529 Å². The SMILES string of the molecule is [2H]c1c([2H])c([2H])c2c(c1[2H])C1(C#Cc3ccc(C(c4ccc(Br)cc4)(c4ccc(Br)cc4)c4ccc(Br)cc4)cc3)c3ccccc3C2(C#Cc2ccc(C(c3ccc(Br)cc3)(c3ccc(Br)cc3)c3ccc(Br)cc3)cc2)c2c([2H])c([2H])c([2H])c([2H])c21. The highest BCUT2D eigenvalue weighted by atomic mass is 79.9. The molecule has 80 heavy (non-hydrogen) atoms. The minimum absolute atomic E-state index is 0.0894. The van der Waals surface area contributed by atoms with Gasteiger partial charge >= 0.3 is 0 Å². The molecule has 0 amide bonds. The van der Waals surface area contributed by atoms with Crippen molar-refractivity contribution in [2.45, 2.75) is 21.7 Å². The third-order valence-corrected chi connectivity index (χ3v) is 18.9. The van der Waals surface area contributed by atoms with Gasteiger partial charge < -0.3 is 0 Å². The number of hydrogen-bond donors (Lipinski definition) is 0. The van der Waals surface area contributed by atoms with Gasteiger partial charge in [-0.05, 0) is 175 Å². The molecule has 0 heterocycles. The molecule has 0 aromatic heterocycles. The van der Waals surface area contributed by atoms with Crippen LogP contribution in [-0.2, 0) is 21.7 Å². The quantitative estimate of drug-likeness (QED) is 0.105. The van der Waals surface area contributed by atoms with Gasteiger partial charge in [-0.3, -0.25) is 0 Å². The molecular formula is C74H44Br6. The summed E-state index contributed by atoms with van der Waals surface area (Å²) in [5.74, 6) is 14.0. The summed E-state index contributed by atoms with van der Waals surface area (Å²) in [7, 11) is 0. The van der Waals surface area contributed by atoms with Crippen LogP contribution in [0.5, 0.6) is 0 Å². The van der Waals surface area contributed by atoms with Crippen LogP contribution in [0, 0.1) is 23.7 Å². The lowest BCUT2D eigenvalue weighted by Crippen LogP contribution is -2.49. The lowest BCUT2D eigenvalue weighted by Gasteiger charge is -2.52. The molecule has 11 aromatic carbocycles. The standard InChI is InChI=1S/C74H44Br6/c75-59-33-21-53(22-34-59)73(54-23-35-60(76)36-24-54,55-25-37-61(77)38-26-55)51-17-13-49(14-18-51)45-47-71-65-7-1-2-8-66(65)72(69-11-5-3-9-67(69)71,70-12-6-4-10-68(70)71)48-46-50-15-19-52(20-16-50)74(56-27-39-62(78)40-28-56,57-29-41-63(79)42-30-57)58-31-43-64(80)44-32-58/h1-44H/i1D,2D,3D,5D,7D,8D,9D,11D. The van der Waals surface area contributed by atoms with Crippen molar-refractivity contribution in [3.63, 3.8) is 0 Å². The Morgan fingerprint density at radius 1 is 0.263 bits per heavy atom. The minimum Gasteiger partial charge on any atom is -0.0764 e. The third kappa shape index (κ3) is 8.64. The van der Waals surface area contributed by atoms with E-state index in [1.807, 2.05) is 121 Å². The maximum atomic E-state index is 9.96. The summed E-state index contributed by atoms with van der Waals surface area (Å²) in [5, 5.41) is 0. The fraction of sp³-hybridized carbons (Fsp3) is 0.0541. The molecule has 3 aliphatic carbocycles. The maximum absolute atomic E-state index is 9.96. The summed E-state index contributed by atoms with van der Waals surface area (Å²) in [4.78, 5) is 0. The van der Waals surface area contributed by atoms with Crippen LogP contribution >= 0.6 is 95.6 Å². The van der Waals surface area contributed by atoms with E-state index >= 15 is 0 Å². The fourth-order valence-electron chi connectivity index (χ4n) is 12.2. The molecule has 0 saturated heterocycles. The lowest BCUT2D eigenvalue weighted by molar-refractivity contribution is 0.605. The number of rotatable bonds is 8. The molecule has 0 fully saturated rings. The smallest absolute Gasteiger partial charge is 0.0764 e. The molecule has 0 saturated carbocycles. The first-order valence-corrected chi connectivity index (χ1v) is 30.3. The first-order chi connectivity index (χ1) is 42.4. The van der Waals surface area contributed by atoms with Crippen LogP contribution in [0.15, 0.2) is 294 Å². The van der Waals surface area contributed by atoms with Crippen molar-refractivity contribution in [2.75, 3.05) is 0 Å². The van der Waals surface area contributed by atoms with Crippen LogP contribution < -0.4 is 0 Å². The van der Waals surface area contributed by atoms with Crippen molar-refractivity contribution in [2.24, 2.45) is 0 Å². The predicted octanol–water partition coefficient (Wildman–Crippen LogP) is 20.4. The highest BCUT2D eigenvalue weighted by Crippen LogP contribution is 2.62. The van der Waals surface area contributed by atoms with E-state index in [9.17, 15) is 11.0 Å². The number of halogens is 6. The van der Waals surface area contributed by atoms with Gasteiger partial charge in [-0.2, -0.15) is 0 Å². The molecule has 382 valence electrons. The van der Waals surface area contributed by atoms with E-state index in [1.165, 1.54) is 0 Å². The molecule has 0 unspecified atom stereocenters. The van der Waals surface area contributed by atoms with Crippen LogP contribution in [0.25, 0.3) is 0 Å².